The van der Waals surface area contributed by atoms with Crippen LogP contribution in [0.1, 0.15) is 49.8 Å². The Kier molecular flexibility index (Phi) is 4.56. The summed E-state index contributed by atoms with van der Waals surface area (Å²) in [7, 11) is 0. The maximum Gasteiger partial charge on any atom is 0.280 e. The predicted octanol–water partition coefficient (Wildman–Crippen LogP) is 3.62. The van der Waals surface area contributed by atoms with E-state index in [9.17, 15) is 4.79 Å². The molecule has 116 valence electrons. The summed E-state index contributed by atoms with van der Waals surface area (Å²) in [5.74, 6) is 0. The molecule has 0 spiro atoms. The molecule has 0 aliphatic heterocycles. The molecule has 1 N–H and O–H groups in total. The van der Waals surface area contributed by atoms with Gasteiger partial charge >= 0.3 is 0 Å². The third-order valence-electron chi connectivity index (χ3n) is 4.37. The van der Waals surface area contributed by atoms with Gasteiger partial charge in [-0.25, -0.2) is 4.68 Å². The van der Waals surface area contributed by atoms with Crippen LogP contribution >= 0.6 is 0 Å². The van der Waals surface area contributed by atoms with Crippen molar-refractivity contribution >= 4 is 6.21 Å². The largest absolute Gasteiger partial charge is 0.295 e. The average Bonchev–Trinajstić information content (AvgIpc) is 2.73. The number of nitrogens with zero attached hydrogens (tertiary/aromatic N) is 2. The lowest BCUT2D eigenvalue weighted by Crippen LogP contribution is -2.17. The number of benzene rings is 1. The quantitative estimate of drug-likeness (QED) is 0.683. The Labute approximate surface area is 130 Å². The van der Waals surface area contributed by atoms with Gasteiger partial charge in [0.2, 0.25) is 0 Å². The van der Waals surface area contributed by atoms with Crippen LogP contribution in [0.3, 0.4) is 0 Å². The normalized spacial score (nSPS) is 17.0. The molecule has 22 heavy (non-hydrogen) atoms. The third kappa shape index (κ3) is 3.21. The Morgan fingerprint density at radius 3 is 2.50 bits per heavy atom. The van der Waals surface area contributed by atoms with E-state index >= 15 is 0 Å². The first kappa shape index (κ1) is 14.8. The second-order valence-corrected chi connectivity index (χ2v) is 6.05. The van der Waals surface area contributed by atoms with Gasteiger partial charge in [-0.2, -0.15) is 0 Å². The molecule has 1 heterocycles. The highest BCUT2D eigenvalue weighted by Crippen LogP contribution is 2.19. The molecule has 4 heteroatoms. The van der Waals surface area contributed by atoms with Gasteiger partial charge in [-0.15, -0.1) is 0 Å². The molecule has 3 rings (SSSR count). The Balaban J connectivity index is 1.85. The molecule has 0 unspecified atom stereocenters. The van der Waals surface area contributed by atoms with Gasteiger partial charge in [0, 0.05) is 18.0 Å². The SMILES string of the molecule is Cc1[nH]n(-c2ccccc2)c(=O)c1C=NC1CCCCCC1. The lowest BCUT2D eigenvalue weighted by molar-refractivity contribution is 0.588. The number of rotatable bonds is 3. The minimum Gasteiger partial charge on any atom is -0.295 e. The van der Waals surface area contributed by atoms with E-state index in [0.717, 1.165) is 24.2 Å². The summed E-state index contributed by atoms with van der Waals surface area (Å²) < 4.78 is 1.59. The lowest BCUT2D eigenvalue weighted by atomic mass is 10.1. The van der Waals surface area contributed by atoms with Crippen molar-refractivity contribution in [3.63, 3.8) is 0 Å². The molecule has 0 radical (unpaired) electrons. The van der Waals surface area contributed by atoms with Gasteiger partial charge in [0.25, 0.3) is 5.56 Å². The van der Waals surface area contributed by atoms with Crippen LogP contribution in [0, 0.1) is 6.92 Å². The lowest BCUT2D eigenvalue weighted by Gasteiger charge is -2.06. The Morgan fingerprint density at radius 1 is 1.14 bits per heavy atom. The van der Waals surface area contributed by atoms with Crippen molar-refractivity contribution in [2.75, 3.05) is 0 Å². The van der Waals surface area contributed by atoms with Gasteiger partial charge < -0.3 is 0 Å². The van der Waals surface area contributed by atoms with E-state index in [2.05, 4.69) is 10.1 Å². The van der Waals surface area contributed by atoms with E-state index in [1.54, 1.807) is 10.9 Å². The van der Waals surface area contributed by atoms with Gasteiger partial charge in [-0.05, 0) is 31.9 Å². The minimum atomic E-state index is -0.0268. The second kappa shape index (κ2) is 6.77. The highest BCUT2D eigenvalue weighted by Gasteiger charge is 2.13. The standard InChI is InChI=1S/C18H23N3O/c1-14-17(13-19-15-9-5-2-3-6-10-15)18(22)21(20-14)16-11-7-4-8-12-16/h4,7-8,11-13,15,20H,2-3,5-6,9-10H2,1H3. The Bertz CT molecular complexity index is 689. The molecule has 4 nitrogen and oxygen atoms in total. The van der Waals surface area contributed by atoms with E-state index in [1.807, 2.05) is 37.3 Å². The molecule has 1 aromatic carbocycles. The van der Waals surface area contributed by atoms with Crippen molar-refractivity contribution in [1.82, 2.24) is 9.78 Å². The van der Waals surface area contributed by atoms with Crippen LogP contribution in [0.15, 0.2) is 40.1 Å². The first-order chi connectivity index (χ1) is 10.8. The zero-order valence-electron chi connectivity index (χ0n) is 13.1. The molecule has 1 aromatic heterocycles. The maximum absolute atomic E-state index is 12.6. The number of H-pyrrole nitrogens is 1. The van der Waals surface area contributed by atoms with Crippen LogP contribution < -0.4 is 5.56 Å². The average molecular weight is 297 g/mol. The predicted molar refractivity (Wildman–Crippen MR) is 90.2 cm³/mol. The zero-order chi connectivity index (χ0) is 15.4. The van der Waals surface area contributed by atoms with Crippen molar-refractivity contribution < 1.29 is 0 Å². The summed E-state index contributed by atoms with van der Waals surface area (Å²) in [4.78, 5) is 17.3. The monoisotopic (exact) mass is 297 g/mol. The first-order valence-corrected chi connectivity index (χ1v) is 8.16. The highest BCUT2D eigenvalue weighted by atomic mass is 16.1. The molecule has 1 aliphatic rings. The van der Waals surface area contributed by atoms with Crippen molar-refractivity contribution in [2.45, 2.75) is 51.5 Å². The number of nitrogens with one attached hydrogen (secondary N) is 1. The maximum atomic E-state index is 12.6. The fraction of sp³-hybridized carbons (Fsp3) is 0.444. The summed E-state index contributed by atoms with van der Waals surface area (Å²) >= 11 is 0. The fourth-order valence-corrected chi connectivity index (χ4v) is 3.06. The first-order valence-electron chi connectivity index (χ1n) is 8.16. The van der Waals surface area contributed by atoms with Crippen LogP contribution in [0.5, 0.6) is 0 Å². The van der Waals surface area contributed by atoms with Gasteiger partial charge in [-0.3, -0.25) is 14.9 Å². The number of para-hydroxylation sites is 1. The molecule has 2 aromatic rings. The van der Waals surface area contributed by atoms with E-state index in [0.29, 0.717) is 11.6 Å². The van der Waals surface area contributed by atoms with E-state index in [1.165, 1.54) is 25.7 Å². The topological polar surface area (TPSA) is 50.1 Å². The molecule has 0 amide bonds. The number of aromatic amines is 1. The van der Waals surface area contributed by atoms with Crippen LogP contribution in [0.25, 0.3) is 5.69 Å². The third-order valence-corrected chi connectivity index (χ3v) is 4.37. The molecule has 1 fully saturated rings. The molecule has 1 aliphatic carbocycles. The van der Waals surface area contributed by atoms with E-state index < -0.39 is 0 Å². The fourth-order valence-electron chi connectivity index (χ4n) is 3.06. The number of hydrogen-bond donors (Lipinski definition) is 1. The highest BCUT2D eigenvalue weighted by molar-refractivity contribution is 5.80. The van der Waals surface area contributed by atoms with Gasteiger partial charge in [-0.1, -0.05) is 43.9 Å². The van der Waals surface area contributed by atoms with E-state index in [-0.39, 0.29) is 5.56 Å². The Morgan fingerprint density at radius 2 is 1.82 bits per heavy atom. The summed E-state index contributed by atoms with van der Waals surface area (Å²) in [5, 5.41) is 3.14. The van der Waals surface area contributed by atoms with Gasteiger partial charge in [0.1, 0.15) is 0 Å². The smallest absolute Gasteiger partial charge is 0.280 e. The summed E-state index contributed by atoms with van der Waals surface area (Å²) in [5.41, 5.74) is 2.37. The van der Waals surface area contributed by atoms with Gasteiger partial charge in [0.05, 0.1) is 11.3 Å². The van der Waals surface area contributed by atoms with Crippen LogP contribution in [0.2, 0.25) is 0 Å². The van der Waals surface area contributed by atoms with Crippen molar-refractivity contribution in [2.24, 2.45) is 4.99 Å². The Hall–Kier alpha value is -2.10. The molecule has 0 atom stereocenters. The van der Waals surface area contributed by atoms with E-state index in [4.69, 9.17) is 0 Å². The number of aromatic nitrogens is 2. The van der Waals surface area contributed by atoms with Crippen molar-refractivity contribution in [3.05, 3.63) is 51.9 Å². The van der Waals surface area contributed by atoms with Crippen LogP contribution in [-0.2, 0) is 0 Å². The minimum absolute atomic E-state index is 0.0268. The second-order valence-electron chi connectivity index (χ2n) is 6.05. The molecule has 0 saturated heterocycles. The van der Waals surface area contributed by atoms with Crippen LogP contribution in [-0.4, -0.2) is 22.0 Å². The number of aryl methyl sites for hydroxylation is 1. The summed E-state index contributed by atoms with van der Waals surface area (Å²) in [6, 6.07) is 10.0. The number of hydrogen-bond acceptors (Lipinski definition) is 2. The number of aliphatic imine (C=N–C) groups is 1. The molecule has 0 bridgehead atoms. The van der Waals surface area contributed by atoms with Crippen molar-refractivity contribution in [3.8, 4) is 5.69 Å². The van der Waals surface area contributed by atoms with Gasteiger partial charge in [0.15, 0.2) is 0 Å². The molecule has 1 saturated carbocycles. The summed E-state index contributed by atoms with van der Waals surface area (Å²) in [6.07, 6.45) is 9.21. The van der Waals surface area contributed by atoms with Crippen molar-refractivity contribution in [1.29, 1.82) is 0 Å². The molecular weight excluding hydrogens is 274 g/mol. The van der Waals surface area contributed by atoms with Crippen LogP contribution in [0.4, 0.5) is 0 Å². The summed E-state index contributed by atoms with van der Waals surface area (Å²) in [6.45, 7) is 1.93. The zero-order valence-corrected chi connectivity index (χ0v) is 13.1. The molecular formula is C18H23N3O.